The Hall–Kier alpha value is -2.89. The van der Waals surface area contributed by atoms with Crippen molar-refractivity contribution in [1.29, 1.82) is 0 Å². The van der Waals surface area contributed by atoms with Crippen LogP contribution in [0.15, 0.2) is 24.3 Å². The maximum atomic E-state index is 12.4. The van der Waals surface area contributed by atoms with Crippen LogP contribution in [0.3, 0.4) is 0 Å². The highest BCUT2D eigenvalue weighted by Crippen LogP contribution is 2.16. The van der Waals surface area contributed by atoms with Gasteiger partial charge in [0.25, 0.3) is 5.69 Å². The van der Waals surface area contributed by atoms with Gasteiger partial charge in [-0.1, -0.05) is 6.92 Å². The van der Waals surface area contributed by atoms with Crippen molar-refractivity contribution in [2.24, 2.45) is 0 Å². The van der Waals surface area contributed by atoms with Crippen molar-refractivity contribution in [1.82, 2.24) is 10.2 Å². The average Bonchev–Trinajstić information content (AvgIpc) is 2.71. The largest absolute Gasteiger partial charge is 0.490 e. The fourth-order valence-electron chi connectivity index (χ4n) is 2.72. The van der Waals surface area contributed by atoms with Crippen molar-refractivity contribution < 1.29 is 37.5 Å². The van der Waals surface area contributed by atoms with Crippen LogP contribution < -0.4 is 5.32 Å². The molecule has 2 N–H and O–H groups in total. The maximum absolute atomic E-state index is 12.4. The summed E-state index contributed by atoms with van der Waals surface area (Å²) in [5, 5.41) is 21.0. The number of carboxylic acid groups (broad SMARTS) is 1. The zero-order valence-electron chi connectivity index (χ0n) is 16.4. The third-order valence-electron chi connectivity index (χ3n) is 4.20. The van der Waals surface area contributed by atoms with Crippen molar-refractivity contribution in [3.8, 4) is 0 Å². The number of carbonyl (C=O) groups excluding carboxylic acids is 1. The van der Waals surface area contributed by atoms with E-state index in [0.29, 0.717) is 6.54 Å². The lowest BCUT2D eigenvalue weighted by atomic mass is 10.1. The first kappa shape index (κ1) is 25.1. The Kier molecular flexibility index (Phi) is 10.0. The van der Waals surface area contributed by atoms with E-state index in [1.165, 1.54) is 12.1 Å². The first-order valence-corrected chi connectivity index (χ1v) is 9.23. The molecule has 0 saturated carbocycles. The number of hydrogen-bond donors (Lipinski definition) is 2. The Morgan fingerprint density at radius 2 is 1.80 bits per heavy atom. The van der Waals surface area contributed by atoms with Gasteiger partial charge in [-0.15, -0.1) is 0 Å². The number of rotatable bonds is 6. The predicted molar refractivity (Wildman–Crippen MR) is 99.9 cm³/mol. The summed E-state index contributed by atoms with van der Waals surface area (Å²) in [4.78, 5) is 33.2. The zero-order valence-corrected chi connectivity index (χ0v) is 16.4. The predicted octanol–water partition coefficient (Wildman–Crippen LogP) is 3.33. The first-order valence-electron chi connectivity index (χ1n) is 9.23. The van der Waals surface area contributed by atoms with Crippen LogP contribution >= 0.6 is 0 Å². The van der Waals surface area contributed by atoms with Gasteiger partial charge in [-0.2, -0.15) is 13.2 Å². The Morgan fingerprint density at radius 3 is 2.23 bits per heavy atom. The molecule has 30 heavy (non-hydrogen) atoms. The van der Waals surface area contributed by atoms with Crippen molar-refractivity contribution in [2.75, 3.05) is 19.6 Å². The summed E-state index contributed by atoms with van der Waals surface area (Å²) in [5.74, 6) is -2.76. The van der Waals surface area contributed by atoms with Crippen molar-refractivity contribution >= 4 is 17.7 Å². The number of nitrogens with zero attached hydrogens (tertiary/aromatic N) is 2. The van der Waals surface area contributed by atoms with E-state index in [2.05, 4.69) is 5.32 Å². The van der Waals surface area contributed by atoms with Gasteiger partial charge >= 0.3 is 18.2 Å². The molecule has 12 heteroatoms. The lowest BCUT2D eigenvalue weighted by Gasteiger charge is -2.33. The van der Waals surface area contributed by atoms with E-state index in [-0.39, 0.29) is 24.4 Å². The van der Waals surface area contributed by atoms with Crippen molar-refractivity contribution in [3.63, 3.8) is 0 Å². The van der Waals surface area contributed by atoms with Gasteiger partial charge in [0.05, 0.1) is 4.92 Å². The Morgan fingerprint density at radius 1 is 1.27 bits per heavy atom. The van der Waals surface area contributed by atoms with Gasteiger partial charge in [-0.05, 0) is 50.0 Å². The highest BCUT2D eigenvalue weighted by Gasteiger charge is 2.38. The van der Waals surface area contributed by atoms with E-state index >= 15 is 0 Å². The van der Waals surface area contributed by atoms with Gasteiger partial charge in [-0.25, -0.2) is 9.59 Å². The number of alkyl halides is 3. The number of halogens is 3. The van der Waals surface area contributed by atoms with Gasteiger partial charge < -0.3 is 20.1 Å². The lowest BCUT2D eigenvalue weighted by Crippen LogP contribution is -2.46. The summed E-state index contributed by atoms with van der Waals surface area (Å²) in [6, 6.07) is 6.28. The first-order chi connectivity index (χ1) is 14.1. The lowest BCUT2D eigenvalue weighted by molar-refractivity contribution is -0.384. The number of nitro groups is 1. The molecule has 1 aromatic rings. The summed E-state index contributed by atoms with van der Waals surface area (Å²) in [6.07, 6.45) is -2.63. The van der Waals surface area contributed by atoms with Crippen molar-refractivity contribution in [2.45, 2.75) is 45.0 Å². The molecule has 0 aliphatic carbocycles. The topological polar surface area (TPSA) is 122 Å². The molecule has 9 nitrogen and oxygen atoms in total. The number of carbonyl (C=O) groups is 2. The molecular formula is C18H24F3N3O6. The molecule has 0 bridgehead atoms. The normalized spacial score (nSPS) is 14.3. The SMILES string of the molecule is CCCN(C(=O)OCc1ccc([N+](=O)[O-])cc1)C1CCNCC1.O=C(O)C(F)(F)F. The van der Waals surface area contributed by atoms with Gasteiger partial charge in [0, 0.05) is 24.7 Å². The minimum absolute atomic E-state index is 0.0300. The third kappa shape index (κ3) is 8.64. The molecule has 1 saturated heterocycles. The number of non-ortho nitro benzene ring substituents is 1. The molecule has 1 aliphatic rings. The van der Waals surface area contributed by atoms with Crippen LogP contribution in [0.25, 0.3) is 0 Å². The summed E-state index contributed by atoms with van der Waals surface area (Å²) >= 11 is 0. The molecule has 0 radical (unpaired) electrons. The monoisotopic (exact) mass is 435 g/mol. The van der Waals surface area contributed by atoms with E-state index < -0.39 is 17.1 Å². The molecule has 2 rings (SSSR count). The molecule has 0 spiro atoms. The summed E-state index contributed by atoms with van der Waals surface area (Å²) in [5.41, 5.74) is 0.771. The standard InChI is InChI=1S/C16H23N3O4.C2HF3O2/c1-2-11-18(14-7-9-17-10-8-14)16(20)23-12-13-3-5-15(6-4-13)19(21)22;3-2(4,5)1(6)7/h3-6,14,17H,2,7-12H2,1H3;(H,6,7). The molecule has 0 atom stereocenters. The molecule has 0 aromatic heterocycles. The van der Waals surface area contributed by atoms with Crippen LogP contribution in [0.2, 0.25) is 0 Å². The van der Waals surface area contributed by atoms with Gasteiger partial charge in [0.1, 0.15) is 6.61 Å². The van der Waals surface area contributed by atoms with Gasteiger partial charge in [-0.3, -0.25) is 10.1 Å². The molecule has 168 valence electrons. The summed E-state index contributed by atoms with van der Waals surface area (Å²) in [7, 11) is 0. The number of piperidine rings is 1. The molecule has 1 heterocycles. The Bertz CT molecular complexity index is 706. The maximum Gasteiger partial charge on any atom is 0.490 e. The fourth-order valence-corrected chi connectivity index (χ4v) is 2.72. The smallest absolute Gasteiger partial charge is 0.475 e. The van der Waals surface area contributed by atoms with Crippen LogP contribution in [0.1, 0.15) is 31.7 Å². The second kappa shape index (κ2) is 12.0. The van der Waals surface area contributed by atoms with E-state index in [0.717, 1.165) is 37.9 Å². The second-order valence-electron chi connectivity index (χ2n) is 6.46. The number of benzene rings is 1. The van der Waals surface area contributed by atoms with Crippen LogP contribution in [-0.4, -0.2) is 58.8 Å². The quantitative estimate of drug-likeness (QED) is 0.519. The Labute approximate surface area is 171 Å². The highest BCUT2D eigenvalue weighted by molar-refractivity contribution is 5.73. The number of amides is 1. The summed E-state index contributed by atoms with van der Waals surface area (Å²) < 4.78 is 37.1. The minimum Gasteiger partial charge on any atom is -0.475 e. The number of nitro benzene ring substituents is 1. The van der Waals surface area contributed by atoms with E-state index in [1.807, 2.05) is 11.8 Å². The number of ether oxygens (including phenoxy) is 1. The van der Waals surface area contributed by atoms with Gasteiger partial charge in [0.2, 0.25) is 0 Å². The van der Waals surface area contributed by atoms with Crippen LogP contribution in [-0.2, 0) is 16.1 Å². The molecule has 1 fully saturated rings. The van der Waals surface area contributed by atoms with Crippen LogP contribution in [0.5, 0.6) is 0 Å². The van der Waals surface area contributed by atoms with Crippen LogP contribution in [0, 0.1) is 10.1 Å². The van der Waals surface area contributed by atoms with Crippen LogP contribution in [0.4, 0.5) is 23.7 Å². The van der Waals surface area contributed by atoms with E-state index in [4.69, 9.17) is 14.6 Å². The Balaban J connectivity index is 0.000000553. The highest BCUT2D eigenvalue weighted by atomic mass is 19.4. The fraction of sp³-hybridized carbons (Fsp3) is 0.556. The van der Waals surface area contributed by atoms with E-state index in [1.54, 1.807) is 12.1 Å². The second-order valence-corrected chi connectivity index (χ2v) is 6.46. The molecule has 1 aliphatic heterocycles. The number of aliphatic carboxylic acids is 1. The van der Waals surface area contributed by atoms with E-state index in [9.17, 15) is 28.1 Å². The third-order valence-corrected chi connectivity index (χ3v) is 4.20. The molecular weight excluding hydrogens is 411 g/mol. The average molecular weight is 435 g/mol. The molecule has 1 amide bonds. The minimum atomic E-state index is -5.08. The van der Waals surface area contributed by atoms with Crippen molar-refractivity contribution in [3.05, 3.63) is 39.9 Å². The molecule has 0 unspecified atom stereocenters. The number of hydrogen-bond acceptors (Lipinski definition) is 6. The number of nitrogens with one attached hydrogen (secondary N) is 1. The molecule has 1 aromatic carbocycles. The summed E-state index contributed by atoms with van der Waals surface area (Å²) in [6.45, 7) is 4.69. The zero-order chi connectivity index (χ0) is 22.7. The van der Waals surface area contributed by atoms with Gasteiger partial charge in [0.15, 0.2) is 0 Å². The number of carboxylic acids is 1.